The number of benzene rings is 2. The van der Waals surface area contributed by atoms with Crippen molar-refractivity contribution >= 4 is 56.5 Å². The zero-order chi connectivity index (χ0) is 17.7. The van der Waals surface area contributed by atoms with Crippen LogP contribution in [-0.2, 0) is 0 Å². The van der Waals surface area contributed by atoms with Crippen LogP contribution in [0.3, 0.4) is 0 Å². The van der Waals surface area contributed by atoms with Crippen LogP contribution in [0.15, 0.2) is 36.5 Å². The number of pyridine rings is 1. The summed E-state index contributed by atoms with van der Waals surface area (Å²) in [6, 6.07) is 7.88. The van der Waals surface area contributed by atoms with Crippen LogP contribution in [0.4, 0.5) is 8.78 Å². The van der Waals surface area contributed by atoms with E-state index in [1.165, 1.54) is 12.3 Å². The van der Waals surface area contributed by atoms with E-state index in [9.17, 15) is 4.39 Å². The number of hydrogen-bond donors (Lipinski definition) is 0. The summed E-state index contributed by atoms with van der Waals surface area (Å²) in [6.45, 7) is 0. The number of hydrogen-bond acceptors (Lipinski definition) is 3. The van der Waals surface area contributed by atoms with Gasteiger partial charge in [-0.3, -0.25) is 4.98 Å². The van der Waals surface area contributed by atoms with Crippen LogP contribution < -0.4 is 0 Å². The van der Waals surface area contributed by atoms with E-state index in [1.54, 1.807) is 24.3 Å². The van der Waals surface area contributed by atoms with Crippen molar-refractivity contribution in [2.24, 2.45) is 0 Å². The second-order valence-electron chi connectivity index (χ2n) is 5.23. The summed E-state index contributed by atoms with van der Waals surface area (Å²) < 4.78 is 29.0. The zero-order valence-corrected chi connectivity index (χ0v) is 14.5. The van der Waals surface area contributed by atoms with Gasteiger partial charge in [-0.2, -0.15) is 0 Å². The molecule has 0 saturated heterocycles. The number of aromatic nitrogens is 3. The number of halogens is 5. The summed E-state index contributed by atoms with van der Waals surface area (Å²) in [5, 5.41) is 0.952. The summed E-state index contributed by atoms with van der Waals surface area (Å²) in [7, 11) is 0. The zero-order valence-electron chi connectivity index (χ0n) is 12.2. The molecule has 0 atom stereocenters. The topological polar surface area (TPSA) is 38.7 Å². The third-order valence-electron chi connectivity index (χ3n) is 3.80. The predicted molar refractivity (Wildman–Crippen MR) is 95.2 cm³/mol. The third-order valence-corrected chi connectivity index (χ3v) is 4.63. The minimum Gasteiger partial charge on any atom is -0.252 e. The summed E-state index contributed by atoms with van der Waals surface area (Å²) in [6.07, 6.45) is 1.35. The Hall–Kier alpha value is -2.08. The van der Waals surface area contributed by atoms with E-state index in [0.29, 0.717) is 16.3 Å². The van der Waals surface area contributed by atoms with Crippen molar-refractivity contribution in [3.05, 3.63) is 63.6 Å². The smallest absolute Gasteiger partial charge is 0.224 e. The molecule has 8 heteroatoms. The average Bonchev–Trinajstić information content (AvgIpc) is 2.59. The summed E-state index contributed by atoms with van der Waals surface area (Å²) in [5.74, 6) is -1.34. The highest BCUT2D eigenvalue weighted by atomic mass is 35.5. The van der Waals surface area contributed by atoms with Gasteiger partial charge in [0, 0.05) is 17.1 Å². The standard InChI is InChI=1S/C17H6Cl3F2N3/c18-12-10(21)5-4-7-2-1-3-8(11(7)12)14-13(22)15-9(6-23-14)16(19)25-17(20)24-15/h1-6H. The van der Waals surface area contributed by atoms with Crippen LogP contribution in [0.1, 0.15) is 0 Å². The molecule has 0 N–H and O–H groups in total. The molecule has 2 aromatic heterocycles. The highest BCUT2D eigenvalue weighted by Gasteiger charge is 2.19. The first-order valence-electron chi connectivity index (χ1n) is 7.01. The molecular weight excluding hydrogens is 391 g/mol. The van der Waals surface area contributed by atoms with E-state index < -0.39 is 11.6 Å². The van der Waals surface area contributed by atoms with E-state index in [1.807, 2.05) is 0 Å². The van der Waals surface area contributed by atoms with Crippen molar-refractivity contribution in [2.75, 3.05) is 0 Å². The van der Waals surface area contributed by atoms with Gasteiger partial charge in [-0.1, -0.05) is 47.5 Å². The molecule has 0 aliphatic heterocycles. The number of fused-ring (bicyclic) bond motifs is 2. The molecule has 4 rings (SSSR count). The Bertz CT molecular complexity index is 1170. The molecule has 4 aromatic rings. The normalized spacial score (nSPS) is 11.4. The highest BCUT2D eigenvalue weighted by Crippen LogP contribution is 2.37. The van der Waals surface area contributed by atoms with Gasteiger partial charge in [-0.15, -0.1) is 0 Å². The van der Waals surface area contributed by atoms with Gasteiger partial charge in [0.1, 0.15) is 22.2 Å². The lowest BCUT2D eigenvalue weighted by atomic mass is 10.0. The van der Waals surface area contributed by atoms with Gasteiger partial charge in [-0.05, 0) is 23.1 Å². The van der Waals surface area contributed by atoms with Gasteiger partial charge in [0.15, 0.2) is 5.82 Å². The minimum atomic E-state index is -0.739. The second kappa shape index (κ2) is 6.02. The maximum Gasteiger partial charge on any atom is 0.224 e. The Balaban J connectivity index is 2.11. The molecule has 0 unspecified atom stereocenters. The predicted octanol–water partition coefficient (Wildman–Crippen LogP) is 6.08. The molecule has 0 saturated carbocycles. The van der Waals surface area contributed by atoms with Crippen LogP contribution in [0.5, 0.6) is 0 Å². The van der Waals surface area contributed by atoms with Crippen molar-refractivity contribution in [3.63, 3.8) is 0 Å². The molecule has 0 radical (unpaired) electrons. The Morgan fingerprint density at radius 1 is 0.920 bits per heavy atom. The number of nitrogens with zero attached hydrogens (tertiary/aromatic N) is 3. The molecule has 0 bridgehead atoms. The van der Waals surface area contributed by atoms with E-state index in [0.717, 1.165) is 0 Å². The molecule has 2 heterocycles. The molecule has 0 amide bonds. The first-order valence-corrected chi connectivity index (χ1v) is 8.15. The Morgan fingerprint density at radius 2 is 1.72 bits per heavy atom. The molecule has 3 nitrogen and oxygen atoms in total. The van der Waals surface area contributed by atoms with E-state index in [4.69, 9.17) is 34.8 Å². The van der Waals surface area contributed by atoms with Gasteiger partial charge in [0.25, 0.3) is 0 Å². The van der Waals surface area contributed by atoms with Gasteiger partial charge < -0.3 is 0 Å². The van der Waals surface area contributed by atoms with Crippen LogP contribution >= 0.6 is 34.8 Å². The lowest BCUT2D eigenvalue weighted by Crippen LogP contribution is -1.97. The molecule has 0 aliphatic rings. The second-order valence-corrected chi connectivity index (χ2v) is 6.31. The Labute approximate surface area is 155 Å². The maximum atomic E-state index is 15.1. The van der Waals surface area contributed by atoms with E-state index >= 15 is 4.39 Å². The van der Waals surface area contributed by atoms with E-state index in [2.05, 4.69) is 15.0 Å². The van der Waals surface area contributed by atoms with Crippen molar-refractivity contribution in [3.8, 4) is 11.3 Å². The fourth-order valence-electron chi connectivity index (χ4n) is 2.69. The van der Waals surface area contributed by atoms with Gasteiger partial charge in [0.05, 0.1) is 10.4 Å². The fraction of sp³-hybridized carbons (Fsp3) is 0. The van der Waals surface area contributed by atoms with Crippen molar-refractivity contribution in [2.45, 2.75) is 0 Å². The van der Waals surface area contributed by atoms with Crippen LogP contribution in [-0.4, -0.2) is 15.0 Å². The lowest BCUT2D eigenvalue weighted by molar-refractivity contribution is 0.629. The molecule has 0 aliphatic carbocycles. The van der Waals surface area contributed by atoms with Crippen molar-refractivity contribution < 1.29 is 8.78 Å². The van der Waals surface area contributed by atoms with Gasteiger partial charge >= 0.3 is 0 Å². The molecule has 2 aromatic carbocycles. The SMILES string of the molecule is Fc1ccc2cccc(-c3ncc4c(Cl)nc(Cl)nc4c3F)c2c1Cl. The monoisotopic (exact) mass is 395 g/mol. The first-order chi connectivity index (χ1) is 12.0. The highest BCUT2D eigenvalue weighted by molar-refractivity contribution is 6.37. The van der Waals surface area contributed by atoms with Crippen LogP contribution in [0.25, 0.3) is 32.9 Å². The molecule has 0 spiro atoms. The fourth-order valence-corrected chi connectivity index (χ4v) is 3.40. The van der Waals surface area contributed by atoms with Gasteiger partial charge in [0.2, 0.25) is 5.28 Å². The van der Waals surface area contributed by atoms with Crippen LogP contribution in [0, 0.1) is 11.6 Å². The molecule has 124 valence electrons. The summed E-state index contributed by atoms with van der Waals surface area (Å²) >= 11 is 17.8. The summed E-state index contributed by atoms with van der Waals surface area (Å²) in [4.78, 5) is 11.8. The van der Waals surface area contributed by atoms with Crippen molar-refractivity contribution in [1.29, 1.82) is 0 Å². The minimum absolute atomic E-state index is 0.00468. The molecular formula is C17H6Cl3F2N3. The Morgan fingerprint density at radius 3 is 2.52 bits per heavy atom. The van der Waals surface area contributed by atoms with E-state index in [-0.39, 0.29) is 32.1 Å². The summed E-state index contributed by atoms with van der Waals surface area (Å²) in [5.41, 5.74) is 0.239. The van der Waals surface area contributed by atoms with Gasteiger partial charge in [-0.25, -0.2) is 18.7 Å². The molecule has 25 heavy (non-hydrogen) atoms. The van der Waals surface area contributed by atoms with Crippen LogP contribution in [0.2, 0.25) is 15.5 Å². The maximum absolute atomic E-state index is 15.1. The average molecular weight is 397 g/mol. The largest absolute Gasteiger partial charge is 0.252 e. The molecule has 0 fully saturated rings. The third kappa shape index (κ3) is 2.59. The number of rotatable bonds is 1. The lowest BCUT2D eigenvalue weighted by Gasteiger charge is -2.11. The quantitative estimate of drug-likeness (QED) is 0.289. The first kappa shape index (κ1) is 16.4. The van der Waals surface area contributed by atoms with Crippen molar-refractivity contribution in [1.82, 2.24) is 15.0 Å². The Kier molecular flexibility index (Phi) is 3.95.